The van der Waals surface area contributed by atoms with E-state index < -0.39 is 0 Å². The predicted octanol–water partition coefficient (Wildman–Crippen LogP) is 6.84. The van der Waals surface area contributed by atoms with Crippen LogP contribution in [0, 0.1) is 23.2 Å². The highest BCUT2D eigenvalue weighted by Crippen LogP contribution is 2.61. The van der Waals surface area contributed by atoms with Gasteiger partial charge in [0.2, 0.25) is 5.91 Å². The van der Waals surface area contributed by atoms with Crippen LogP contribution in [0.25, 0.3) is 11.3 Å². The van der Waals surface area contributed by atoms with Gasteiger partial charge in [0.05, 0.1) is 11.4 Å². The first-order chi connectivity index (χ1) is 17.5. The van der Waals surface area contributed by atoms with Crippen molar-refractivity contribution >= 4 is 50.1 Å². The number of thiazole rings is 1. The zero-order chi connectivity index (χ0) is 24.7. The summed E-state index contributed by atoms with van der Waals surface area (Å²) in [5, 5.41) is 15.4. The average Bonchev–Trinajstić information content (AvgIpc) is 3.44. The molecule has 188 valence electrons. The van der Waals surface area contributed by atoms with E-state index in [1.54, 1.807) is 0 Å². The minimum Gasteiger partial charge on any atom is -0.302 e. The van der Waals surface area contributed by atoms with Crippen molar-refractivity contribution in [2.75, 3.05) is 11.1 Å². The number of nitrogens with zero attached hydrogens (tertiary/aromatic N) is 4. The van der Waals surface area contributed by atoms with Gasteiger partial charge in [0, 0.05) is 28.4 Å². The van der Waals surface area contributed by atoms with Gasteiger partial charge in [-0.05, 0) is 73.8 Å². The largest absolute Gasteiger partial charge is 0.302 e. The predicted molar refractivity (Wildman–Crippen MR) is 149 cm³/mol. The lowest BCUT2D eigenvalue weighted by Gasteiger charge is -2.56. The fourth-order valence-electron chi connectivity index (χ4n) is 7.08. The zero-order valence-electron chi connectivity index (χ0n) is 20.2. The average molecular weight is 585 g/mol. The Hall–Kier alpha value is -1.97. The Morgan fingerprint density at radius 2 is 1.86 bits per heavy atom. The Labute approximate surface area is 228 Å². The van der Waals surface area contributed by atoms with E-state index in [1.807, 2.05) is 35.7 Å². The van der Waals surface area contributed by atoms with E-state index in [9.17, 15) is 4.79 Å². The normalized spacial score (nSPS) is 26.3. The molecule has 1 amide bonds. The minimum atomic E-state index is -0.0903. The van der Waals surface area contributed by atoms with Crippen molar-refractivity contribution in [2.24, 2.45) is 23.2 Å². The smallest absolute Gasteiger partial charge is 0.236 e. The van der Waals surface area contributed by atoms with Crippen molar-refractivity contribution in [1.29, 1.82) is 0 Å². The van der Waals surface area contributed by atoms with Gasteiger partial charge in [0.15, 0.2) is 10.3 Å². The highest BCUT2D eigenvalue weighted by molar-refractivity contribution is 9.10. The topological polar surface area (TPSA) is 72.7 Å². The lowest BCUT2D eigenvalue weighted by molar-refractivity contribution is -0.113. The van der Waals surface area contributed by atoms with Gasteiger partial charge in [-0.15, -0.1) is 28.1 Å². The van der Waals surface area contributed by atoms with Crippen molar-refractivity contribution in [1.82, 2.24) is 19.7 Å². The number of benzene rings is 1. The van der Waals surface area contributed by atoms with Crippen LogP contribution >= 0.6 is 39.0 Å². The lowest BCUT2D eigenvalue weighted by atomic mass is 9.49. The van der Waals surface area contributed by atoms with Gasteiger partial charge in [0.25, 0.3) is 0 Å². The molecule has 0 atom stereocenters. The molecule has 36 heavy (non-hydrogen) atoms. The van der Waals surface area contributed by atoms with Crippen LogP contribution in [0.4, 0.5) is 5.13 Å². The zero-order valence-corrected chi connectivity index (χ0v) is 23.4. The molecule has 4 aliphatic carbocycles. The van der Waals surface area contributed by atoms with Crippen molar-refractivity contribution in [3.05, 3.63) is 52.6 Å². The number of carbonyl (C=O) groups excluding carboxylic acids is 1. The van der Waals surface area contributed by atoms with E-state index in [4.69, 9.17) is 0 Å². The number of allylic oxidation sites excluding steroid dienone is 1. The molecule has 4 aliphatic rings. The fourth-order valence-corrected chi connectivity index (χ4v) is 8.85. The first-order valence-corrected chi connectivity index (χ1v) is 15.3. The number of hydrogen-bond donors (Lipinski definition) is 1. The van der Waals surface area contributed by atoms with Gasteiger partial charge in [-0.3, -0.25) is 4.79 Å². The summed E-state index contributed by atoms with van der Waals surface area (Å²) < 4.78 is 3.19. The van der Waals surface area contributed by atoms with Gasteiger partial charge in [-0.1, -0.05) is 45.9 Å². The molecule has 1 aromatic carbocycles. The van der Waals surface area contributed by atoms with E-state index in [0.717, 1.165) is 50.9 Å². The third-order valence-electron chi connectivity index (χ3n) is 8.03. The van der Waals surface area contributed by atoms with E-state index in [1.165, 1.54) is 61.6 Å². The van der Waals surface area contributed by atoms with Gasteiger partial charge in [-0.25, -0.2) is 4.98 Å². The number of nitrogens with one attached hydrogen (secondary N) is 1. The van der Waals surface area contributed by atoms with Gasteiger partial charge < -0.3 is 9.88 Å². The molecule has 2 aromatic heterocycles. The molecule has 3 aromatic rings. The number of aromatic nitrogens is 4. The van der Waals surface area contributed by atoms with Crippen LogP contribution in [0.1, 0.15) is 44.3 Å². The third kappa shape index (κ3) is 5.07. The number of thioether (sulfide) groups is 1. The molecule has 0 spiro atoms. The third-order valence-corrected chi connectivity index (χ3v) is 10.3. The molecule has 1 N–H and O–H groups in total. The summed E-state index contributed by atoms with van der Waals surface area (Å²) in [6.45, 7) is 4.62. The van der Waals surface area contributed by atoms with Crippen molar-refractivity contribution < 1.29 is 4.79 Å². The molecule has 0 aliphatic heterocycles. The molecule has 2 heterocycles. The van der Waals surface area contributed by atoms with Crippen molar-refractivity contribution in [3.8, 4) is 11.3 Å². The standard InChI is InChI=1S/C27H30BrN5OS2/c1-2-7-33-23(14-27-11-17-8-18(12-27)10-19(9-17)13-27)31-32-26(33)36-16-24(34)30-25-29-22(15-35-25)20-3-5-21(28)6-4-20/h2-6,15,17-19H,1,7-14,16H2,(H,29,30,34). The second kappa shape index (κ2) is 10.1. The number of amides is 1. The summed E-state index contributed by atoms with van der Waals surface area (Å²) in [6.07, 6.45) is 11.3. The maximum Gasteiger partial charge on any atom is 0.236 e. The second-order valence-electron chi connectivity index (χ2n) is 10.8. The number of hydrogen-bond acceptors (Lipinski definition) is 6. The fraction of sp³-hybridized carbons (Fsp3) is 0.481. The number of rotatable bonds is 9. The number of anilines is 1. The first-order valence-electron chi connectivity index (χ1n) is 12.7. The monoisotopic (exact) mass is 583 g/mol. The first kappa shape index (κ1) is 24.4. The molecule has 7 rings (SSSR count). The van der Waals surface area contributed by atoms with E-state index in [0.29, 0.717) is 17.1 Å². The van der Waals surface area contributed by atoms with Gasteiger partial charge >= 0.3 is 0 Å². The Kier molecular flexibility index (Phi) is 6.81. The number of carbonyl (C=O) groups is 1. The summed E-state index contributed by atoms with van der Waals surface area (Å²) in [4.78, 5) is 17.3. The molecule has 4 fully saturated rings. The van der Waals surface area contributed by atoms with Gasteiger partial charge in [-0.2, -0.15) is 0 Å². The molecule has 4 bridgehead atoms. The summed E-state index contributed by atoms with van der Waals surface area (Å²) in [5.41, 5.74) is 2.28. The van der Waals surface area contributed by atoms with E-state index in [2.05, 4.69) is 47.6 Å². The summed E-state index contributed by atoms with van der Waals surface area (Å²) in [7, 11) is 0. The van der Waals surface area contributed by atoms with E-state index in [-0.39, 0.29) is 11.7 Å². The van der Waals surface area contributed by atoms with Crippen LogP contribution in [-0.2, 0) is 17.8 Å². The molecular formula is C27H30BrN5OS2. The molecule has 0 saturated heterocycles. The van der Waals surface area contributed by atoms with Crippen LogP contribution in [-0.4, -0.2) is 31.4 Å². The number of halogens is 1. The Morgan fingerprint density at radius 1 is 1.17 bits per heavy atom. The second-order valence-corrected chi connectivity index (χ2v) is 13.5. The Bertz CT molecular complexity index is 1230. The van der Waals surface area contributed by atoms with Crippen molar-refractivity contribution in [3.63, 3.8) is 0 Å². The van der Waals surface area contributed by atoms with Crippen molar-refractivity contribution in [2.45, 2.75) is 56.6 Å². The minimum absolute atomic E-state index is 0.0903. The molecule has 6 nitrogen and oxygen atoms in total. The van der Waals surface area contributed by atoms with Crippen LogP contribution < -0.4 is 5.32 Å². The molecular weight excluding hydrogens is 554 g/mol. The molecule has 9 heteroatoms. The van der Waals surface area contributed by atoms with Crippen LogP contribution in [0.5, 0.6) is 0 Å². The molecule has 4 saturated carbocycles. The lowest BCUT2D eigenvalue weighted by Crippen LogP contribution is -2.47. The summed E-state index contributed by atoms with van der Waals surface area (Å²) in [5.74, 6) is 3.98. The highest BCUT2D eigenvalue weighted by Gasteiger charge is 2.51. The Balaban J connectivity index is 1.09. The SMILES string of the molecule is C=CCn1c(CC23CC4CC(CC(C4)C2)C3)nnc1SCC(=O)Nc1nc(-c2ccc(Br)cc2)cs1. The maximum atomic E-state index is 12.7. The summed E-state index contributed by atoms with van der Waals surface area (Å²) >= 11 is 6.32. The van der Waals surface area contributed by atoms with Crippen LogP contribution in [0.15, 0.2) is 51.9 Å². The van der Waals surface area contributed by atoms with E-state index >= 15 is 0 Å². The maximum absolute atomic E-state index is 12.7. The molecule has 0 radical (unpaired) electrons. The highest BCUT2D eigenvalue weighted by atomic mass is 79.9. The van der Waals surface area contributed by atoms with Crippen LogP contribution in [0.3, 0.4) is 0 Å². The Morgan fingerprint density at radius 3 is 2.53 bits per heavy atom. The van der Waals surface area contributed by atoms with Crippen LogP contribution in [0.2, 0.25) is 0 Å². The quantitative estimate of drug-likeness (QED) is 0.220. The molecule has 0 unspecified atom stereocenters. The van der Waals surface area contributed by atoms with Gasteiger partial charge in [0.1, 0.15) is 5.82 Å². The summed E-state index contributed by atoms with van der Waals surface area (Å²) in [6, 6.07) is 7.99.